The molecule has 0 aromatic heterocycles. The van der Waals surface area contributed by atoms with Crippen molar-refractivity contribution in [2.45, 2.75) is 32.7 Å². The first kappa shape index (κ1) is 9.78. The summed E-state index contributed by atoms with van der Waals surface area (Å²) in [7, 11) is 0. The molecule has 0 spiro atoms. The number of likely N-dealkylation sites (tertiary alicyclic amines) is 1. The summed E-state index contributed by atoms with van der Waals surface area (Å²) in [6.45, 7) is 7.31. The van der Waals surface area contributed by atoms with Crippen molar-refractivity contribution in [2.75, 3.05) is 17.5 Å². The molecule has 1 heterocycles. The lowest BCUT2D eigenvalue weighted by Gasteiger charge is -2.21. The molecule has 0 N–H and O–H groups in total. The minimum atomic E-state index is 0.889. The molecule has 1 nitrogen and oxygen atoms in total. The summed E-state index contributed by atoms with van der Waals surface area (Å²) in [5.41, 5.74) is 0. The molecule has 1 aliphatic heterocycles. The Labute approximate surface area is 83.7 Å². The molecule has 2 atom stereocenters. The molecule has 1 aliphatic rings. The number of hydrogen-bond acceptors (Lipinski definition) is 1. The van der Waals surface area contributed by atoms with E-state index in [0.717, 1.165) is 12.0 Å². The highest BCUT2D eigenvalue weighted by Crippen LogP contribution is 2.24. The first-order valence-electron chi connectivity index (χ1n) is 4.58. The zero-order valence-electron chi connectivity index (χ0n) is 7.52. The number of alkyl halides is 1. The first-order chi connectivity index (χ1) is 5.27. The Balaban J connectivity index is 2.37. The average molecular weight is 267 g/mol. The second kappa shape index (κ2) is 4.65. The smallest absolute Gasteiger partial charge is 0.0123 e. The second-order valence-corrected chi connectivity index (χ2v) is 4.67. The number of rotatable bonds is 3. The third-order valence-corrected chi connectivity index (χ3v) is 3.06. The molecule has 0 saturated carbocycles. The topological polar surface area (TPSA) is 3.24 Å². The number of hydrogen-bond donors (Lipinski definition) is 0. The molecule has 0 aromatic carbocycles. The van der Waals surface area contributed by atoms with E-state index in [4.69, 9.17) is 0 Å². The number of nitrogens with zero attached hydrogens (tertiary/aromatic N) is 1. The Hall–Kier alpha value is 0.690. The van der Waals surface area contributed by atoms with E-state index in [0.29, 0.717) is 0 Å². The zero-order valence-corrected chi connectivity index (χ0v) is 9.67. The maximum Gasteiger partial charge on any atom is 0.0123 e. The third kappa shape index (κ3) is 2.58. The largest absolute Gasteiger partial charge is 0.299 e. The minimum Gasteiger partial charge on any atom is -0.299 e. The van der Waals surface area contributed by atoms with E-state index in [1.807, 2.05) is 0 Å². The highest BCUT2D eigenvalue weighted by Gasteiger charge is 2.26. The van der Waals surface area contributed by atoms with Crippen LogP contribution in [0.3, 0.4) is 0 Å². The summed E-state index contributed by atoms with van der Waals surface area (Å²) in [4.78, 5) is 2.65. The van der Waals surface area contributed by atoms with E-state index >= 15 is 0 Å². The molecule has 0 bridgehead atoms. The van der Waals surface area contributed by atoms with Gasteiger partial charge < -0.3 is 0 Å². The van der Waals surface area contributed by atoms with E-state index in [9.17, 15) is 0 Å². The van der Waals surface area contributed by atoms with E-state index in [1.165, 1.54) is 30.4 Å². The molecule has 66 valence electrons. The van der Waals surface area contributed by atoms with Crippen molar-refractivity contribution in [3.05, 3.63) is 0 Å². The van der Waals surface area contributed by atoms with Crippen LogP contribution in [0, 0.1) is 5.92 Å². The van der Waals surface area contributed by atoms with Crippen molar-refractivity contribution in [3.63, 3.8) is 0 Å². The molecular formula is C9H18IN. The second-order valence-electron chi connectivity index (χ2n) is 3.59. The SMILES string of the molecule is CCC1CC(C)CN1CCI. The molecule has 0 aliphatic carbocycles. The molecule has 1 fully saturated rings. The monoisotopic (exact) mass is 267 g/mol. The van der Waals surface area contributed by atoms with Gasteiger partial charge in [0.2, 0.25) is 0 Å². The maximum absolute atomic E-state index is 2.65. The Morgan fingerprint density at radius 2 is 2.27 bits per heavy atom. The fraction of sp³-hybridized carbons (Fsp3) is 1.00. The van der Waals surface area contributed by atoms with Crippen molar-refractivity contribution in [1.29, 1.82) is 0 Å². The van der Waals surface area contributed by atoms with E-state index < -0.39 is 0 Å². The van der Waals surface area contributed by atoms with Gasteiger partial charge in [0.1, 0.15) is 0 Å². The Kier molecular flexibility index (Phi) is 4.13. The lowest BCUT2D eigenvalue weighted by molar-refractivity contribution is 0.263. The van der Waals surface area contributed by atoms with Crippen LogP contribution in [0.4, 0.5) is 0 Å². The van der Waals surface area contributed by atoms with Crippen LogP contribution >= 0.6 is 22.6 Å². The van der Waals surface area contributed by atoms with Gasteiger partial charge in [0, 0.05) is 23.6 Å². The van der Waals surface area contributed by atoms with Crippen molar-refractivity contribution in [2.24, 2.45) is 5.92 Å². The van der Waals surface area contributed by atoms with Gasteiger partial charge in [0.25, 0.3) is 0 Å². The Morgan fingerprint density at radius 1 is 1.55 bits per heavy atom. The fourth-order valence-electron chi connectivity index (χ4n) is 2.04. The third-order valence-electron chi connectivity index (χ3n) is 2.58. The Morgan fingerprint density at radius 3 is 2.82 bits per heavy atom. The van der Waals surface area contributed by atoms with Gasteiger partial charge in [-0.1, -0.05) is 36.4 Å². The molecular weight excluding hydrogens is 249 g/mol. The summed E-state index contributed by atoms with van der Waals surface area (Å²) in [5.74, 6) is 0.933. The highest BCUT2D eigenvalue weighted by atomic mass is 127. The predicted octanol–water partition coefficient (Wildman–Crippen LogP) is 2.54. The molecule has 0 aromatic rings. The molecule has 0 radical (unpaired) electrons. The van der Waals surface area contributed by atoms with Crippen LogP contribution in [-0.4, -0.2) is 28.5 Å². The highest BCUT2D eigenvalue weighted by molar-refractivity contribution is 14.1. The van der Waals surface area contributed by atoms with Gasteiger partial charge in [-0.15, -0.1) is 0 Å². The normalized spacial score (nSPS) is 33.0. The fourth-order valence-corrected chi connectivity index (χ4v) is 2.66. The lowest BCUT2D eigenvalue weighted by atomic mass is 10.1. The van der Waals surface area contributed by atoms with Crippen LogP contribution in [0.1, 0.15) is 26.7 Å². The van der Waals surface area contributed by atoms with Gasteiger partial charge in [-0.3, -0.25) is 4.90 Å². The van der Waals surface area contributed by atoms with Gasteiger partial charge in [-0.2, -0.15) is 0 Å². The lowest BCUT2D eigenvalue weighted by Crippen LogP contribution is -2.30. The average Bonchev–Trinajstić information content (AvgIpc) is 2.32. The molecule has 2 heteroatoms. The van der Waals surface area contributed by atoms with Crippen molar-refractivity contribution in [3.8, 4) is 0 Å². The van der Waals surface area contributed by atoms with Crippen LogP contribution in [-0.2, 0) is 0 Å². The van der Waals surface area contributed by atoms with Crippen LogP contribution in [0.2, 0.25) is 0 Å². The predicted molar refractivity (Wildman–Crippen MR) is 58.3 cm³/mol. The summed E-state index contributed by atoms with van der Waals surface area (Å²) < 4.78 is 1.28. The maximum atomic E-state index is 2.65. The van der Waals surface area contributed by atoms with E-state index in [2.05, 4.69) is 41.3 Å². The number of halogens is 1. The molecule has 11 heavy (non-hydrogen) atoms. The van der Waals surface area contributed by atoms with Crippen molar-refractivity contribution in [1.82, 2.24) is 4.90 Å². The zero-order chi connectivity index (χ0) is 8.27. The molecule has 1 rings (SSSR count). The Bertz CT molecular complexity index is 116. The van der Waals surface area contributed by atoms with E-state index in [1.54, 1.807) is 0 Å². The van der Waals surface area contributed by atoms with Gasteiger partial charge in [0.05, 0.1) is 0 Å². The standard InChI is InChI=1S/C9H18IN/c1-3-9-6-8(2)7-11(9)5-4-10/h8-9H,3-7H2,1-2H3. The quantitative estimate of drug-likeness (QED) is 0.561. The summed E-state index contributed by atoms with van der Waals surface area (Å²) in [6, 6.07) is 0.889. The van der Waals surface area contributed by atoms with Crippen LogP contribution in [0.5, 0.6) is 0 Å². The minimum absolute atomic E-state index is 0.889. The van der Waals surface area contributed by atoms with Gasteiger partial charge in [0.15, 0.2) is 0 Å². The summed E-state index contributed by atoms with van der Waals surface area (Å²) in [5, 5.41) is 0. The van der Waals surface area contributed by atoms with Crippen LogP contribution < -0.4 is 0 Å². The van der Waals surface area contributed by atoms with E-state index in [-0.39, 0.29) is 0 Å². The molecule has 2 unspecified atom stereocenters. The van der Waals surface area contributed by atoms with Gasteiger partial charge in [-0.25, -0.2) is 0 Å². The van der Waals surface area contributed by atoms with Crippen molar-refractivity contribution < 1.29 is 0 Å². The van der Waals surface area contributed by atoms with Crippen molar-refractivity contribution >= 4 is 22.6 Å². The van der Waals surface area contributed by atoms with Gasteiger partial charge >= 0.3 is 0 Å². The van der Waals surface area contributed by atoms with Crippen LogP contribution in [0.15, 0.2) is 0 Å². The summed E-state index contributed by atoms with van der Waals surface area (Å²) >= 11 is 2.47. The molecule has 1 saturated heterocycles. The molecule has 0 amide bonds. The summed E-state index contributed by atoms with van der Waals surface area (Å²) in [6.07, 6.45) is 2.76. The van der Waals surface area contributed by atoms with Crippen LogP contribution in [0.25, 0.3) is 0 Å². The van der Waals surface area contributed by atoms with Gasteiger partial charge in [-0.05, 0) is 18.8 Å². The first-order valence-corrected chi connectivity index (χ1v) is 6.10.